The standard InChI is InChI=1S/C20H13F2N5O2S/c21-12-7-9-13(10-8-12)27-18(16-6-3-11-30-16)23-17(26-27)20(29)25-24-19(28)14-4-1-2-5-15(14)22/h1-11H,(H,24,28)(H,25,29). The molecule has 0 aliphatic heterocycles. The SMILES string of the molecule is O=C(NNC(=O)c1ccccc1F)c1nc(-c2cccs2)n(-c2ccc(F)cc2)n1. The van der Waals surface area contributed by atoms with E-state index in [1.807, 2.05) is 11.4 Å². The zero-order valence-electron chi connectivity index (χ0n) is 15.2. The van der Waals surface area contributed by atoms with Gasteiger partial charge in [0.2, 0.25) is 5.82 Å². The van der Waals surface area contributed by atoms with Gasteiger partial charge in [-0.25, -0.2) is 18.4 Å². The van der Waals surface area contributed by atoms with E-state index in [1.165, 1.54) is 58.5 Å². The number of amides is 2. The van der Waals surface area contributed by atoms with Crippen LogP contribution in [-0.2, 0) is 0 Å². The summed E-state index contributed by atoms with van der Waals surface area (Å²) in [6.07, 6.45) is 0. The maximum Gasteiger partial charge on any atom is 0.309 e. The van der Waals surface area contributed by atoms with Gasteiger partial charge in [-0.2, -0.15) is 0 Å². The fraction of sp³-hybridized carbons (Fsp3) is 0. The van der Waals surface area contributed by atoms with Crippen LogP contribution in [0.25, 0.3) is 16.4 Å². The number of rotatable bonds is 4. The molecule has 0 spiro atoms. The molecule has 0 unspecified atom stereocenters. The Balaban J connectivity index is 1.59. The van der Waals surface area contributed by atoms with Crippen LogP contribution < -0.4 is 10.9 Å². The van der Waals surface area contributed by atoms with Crippen molar-refractivity contribution in [3.8, 4) is 16.4 Å². The summed E-state index contributed by atoms with van der Waals surface area (Å²) in [5.74, 6) is -2.59. The van der Waals surface area contributed by atoms with Crippen LogP contribution in [0.15, 0.2) is 66.0 Å². The van der Waals surface area contributed by atoms with E-state index in [1.54, 1.807) is 6.07 Å². The molecule has 0 saturated carbocycles. The van der Waals surface area contributed by atoms with Crippen LogP contribution in [0.2, 0.25) is 0 Å². The van der Waals surface area contributed by atoms with Gasteiger partial charge >= 0.3 is 5.91 Å². The second-order valence-corrected chi connectivity index (χ2v) is 6.96. The number of halogens is 2. The number of nitrogens with one attached hydrogen (secondary N) is 2. The minimum absolute atomic E-state index is 0.220. The molecule has 2 amide bonds. The summed E-state index contributed by atoms with van der Waals surface area (Å²) < 4.78 is 28.4. The Morgan fingerprint density at radius 2 is 1.63 bits per heavy atom. The molecular weight excluding hydrogens is 412 g/mol. The number of thiophene rings is 1. The average Bonchev–Trinajstić information content (AvgIpc) is 3.42. The van der Waals surface area contributed by atoms with Gasteiger partial charge in [-0.1, -0.05) is 18.2 Å². The van der Waals surface area contributed by atoms with Crippen molar-refractivity contribution in [3.63, 3.8) is 0 Å². The molecule has 0 aliphatic carbocycles. The minimum Gasteiger partial charge on any atom is -0.267 e. The van der Waals surface area contributed by atoms with E-state index < -0.39 is 23.4 Å². The summed E-state index contributed by atoms with van der Waals surface area (Å²) in [4.78, 5) is 29.5. The third-order valence-corrected chi connectivity index (χ3v) is 4.90. The van der Waals surface area contributed by atoms with E-state index in [0.29, 0.717) is 11.5 Å². The molecule has 0 aliphatic rings. The van der Waals surface area contributed by atoms with Crippen molar-refractivity contribution >= 4 is 23.2 Å². The number of aromatic nitrogens is 3. The normalized spacial score (nSPS) is 10.6. The van der Waals surface area contributed by atoms with Crippen LogP contribution >= 0.6 is 11.3 Å². The van der Waals surface area contributed by atoms with Crippen LogP contribution in [0.3, 0.4) is 0 Å². The van der Waals surface area contributed by atoms with Crippen LogP contribution in [0, 0.1) is 11.6 Å². The van der Waals surface area contributed by atoms with Crippen molar-refractivity contribution in [3.05, 3.63) is 89.1 Å². The highest BCUT2D eigenvalue weighted by Crippen LogP contribution is 2.25. The van der Waals surface area contributed by atoms with Gasteiger partial charge in [-0.15, -0.1) is 16.4 Å². The van der Waals surface area contributed by atoms with Crippen molar-refractivity contribution in [2.45, 2.75) is 0 Å². The number of carbonyl (C=O) groups excluding carboxylic acids is 2. The summed E-state index contributed by atoms with van der Waals surface area (Å²) in [6, 6.07) is 14.5. The number of hydrogen-bond donors (Lipinski definition) is 2. The molecule has 2 N–H and O–H groups in total. The molecule has 150 valence electrons. The quantitative estimate of drug-likeness (QED) is 0.491. The van der Waals surface area contributed by atoms with Crippen molar-refractivity contribution in [1.82, 2.24) is 25.6 Å². The summed E-state index contributed by atoms with van der Waals surface area (Å²) in [6.45, 7) is 0. The number of nitrogens with zero attached hydrogens (tertiary/aromatic N) is 3. The lowest BCUT2D eigenvalue weighted by molar-refractivity contribution is 0.0838. The smallest absolute Gasteiger partial charge is 0.267 e. The largest absolute Gasteiger partial charge is 0.309 e. The van der Waals surface area contributed by atoms with E-state index in [9.17, 15) is 18.4 Å². The topological polar surface area (TPSA) is 88.9 Å². The van der Waals surface area contributed by atoms with Gasteiger partial charge in [0.25, 0.3) is 5.91 Å². The van der Waals surface area contributed by atoms with Crippen LogP contribution in [-0.4, -0.2) is 26.6 Å². The summed E-state index contributed by atoms with van der Waals surface area (Å²) in [7, 11) is 0. The minimum atomic E-state index is -0.821. The molecule has 2 heterocycles. The molecule has 10 heteroatoms. The maximum absolute atomic E-state index is 13.7. The Kier molecular flexibility index (Phi) is 5.31. The fourth-order valence-corrected chi connectivity index (χ4v) is 3.32. The third-order valence-electron chi connectivity index (χ3n) is 4.03. The zero-order chi connectivity index (χ0) is 21.1. The molecule has 0 atom stereocenters. The molecule has 2 aromatic heterocycles. The van der Waals surface area contributed by atoms with Gasteiger partial charge in [0, 0.05) is 0 Å². The Labute approximate surface area is 173 Å². The fourth-order valence-electron chi connectivity index (χ4n) is 2.62. The van der Waals surface area contributed by atoms with E-state index in [2.05, 4.69) is 20.9 Å². The molecule has 0 bridgehead atoms. The molecule has 2 aromatic carbocycles. The molecule has 30 heavy (non-hydrogen) atoms. The lowest BCUT2D eigenvalue weighted by Gasteiger charge is -2.06. The first-order valence-electron chi connectivity index (χ1n) is 8.65. The van der Waals surface area contributed by atoms with Crippen molar-refractivity contribution in [2.75, 3.05) is 0 Å². The van der Waals surface area contributed by atoms with Crippen molar-refractivity contribution < 1.29 is 18.4 Å². The number of carbonyl (C=O) groups is 2. The van der Waals surface area contributed by atoms with Crippen LogP contribution in [0.5, 0.6) is 0 Å². The van der Waals surface area contributed by atoms with Crippen LogP contribution in [0.1, 0.15) is 21.0 Å². The maximum atomic E-state index is 13.7. The van der Waals surface area contributed by atoms with E-state index in [4.69, 9.17) is 0 Å². The molecular formula is C20H13F2N5O2S. The van der Waals surface area contributed by atoms with Crippen molar-refractivity contribution in [2.24, 2.45) is 0 Å². The van der Waals surface area contributed by atoms with E-state index in [0.717, 1.165) is 10.9 Å². The highest BCUT2D eigenvalue weighted by molar-refractivity contribution is 7.13. The number of hydrazine groups is 1. The predicted molar refractivity (Wildman–Crippen MR) is 106 cm³/mol. The van der Waals surface area contributed by atoms with Gasteiger partial charge in [-0.3, -0.25) is 20.4 Å². The summed E-state index contributed by atoms with van der Waals surface area (Å²) in [5, 5.41) is 6.03. The summed E-state index contributed by atoms with van der Waals surface area (Å²) in [5.41, 5.74) is 4.59. The molecule has 4 aromatic rings. The zero-order valence-corrected chi connectivity index (χ0v) is 16.0. The first-order chi connectivity index (χ1) is 14.5. The van der Waals surface area contributed by atoms with Gasteiger partial charge < -0.3 is 0 Å². The first kappa shape index (κ1) is 19.4. The molecule has 0 saturated heterocycles. The highest BCUT2D eigenvalue weighted by Gasteiger charge is 2.20. The van der Waals surface area contributed by atoms with Gasteiger partial charge in [0.1, 0.15) is 11.6 Å². The van der Waals surface area contributed by atoms with Gasteiger partial charge in [0.15, 0.2) is 5.82 Å². The van der Waals surface area contributed by atoms with E-state index in [-0.39, 0.29) is 11.4 Å². The molecule has 7 nitrogen and oxygen atoms in total. The Morgan fingerprint density at radius 3 is 2.33 bits per heavy atom. The summed E-state index contributed by atoms with van der Waals surface area (Å²) >= 11 is 1.39. The lowest BCUT2D eigenvalue weighted by Crippen LogP contribution is -2.42. The van der Waals surface area contributed by atoms with Crippen LogP contribution in [0.4, 0.5) is 8.78 Å². The molecule has 0 fully saturated rings. The first-order valence-corrected chi connectivity index (χ1v) is 9.53. The van der Waals surface area contributed by atoms with E-state index >= 15 is 0 Å². The van der Waals surface area contributed by atoms with Crippen molar-refractivity contribution in [1.29, 1.82) is 0 Å². The number of benzene rings is 2. The Bertz CT molecular complexity index is 1210. The predicted octanol–water partition coefficient (Wildman–Crippen LogP) is 3.35. The molecule has 0 radical (unpaired) electrons. The Hall–Kier alpha value is -3.92. The number of hydrogen-bond acceptors (Lipinski definition) is 5. The lowest BCUT2D eigenvalue weighted by atomic mass is 10.2. The monoisotopic (exact) mass is 425 g/mol. The Morgan fingerprint density at radius 1 is 0.900 bits per heavy atom. The second kappa shape index (κ2) is 8.21. The molecule has 4 rings (SSSR count). The second-order valence-electron chi connectivity index (χ2n) is 6.01. The average molecular weight is 425 g/mol. The van der Waals surface area contributed by atoms with Gasteiger partial charge in [-0.05, 0) is 47.8 Å². The third kappa shape index (κ3) is 3.94. The highest BCUT2D eigenvalue weighted by atomic mass is 32.1. The van der Waals surface area contributed by atoms with Gasteiger partial charge in [0.05, 0.1) is 16.1 Å².